The van der Waals surface area contributed by atoms with E-state index in [1.807, 2.05) is 13.8 Å². The van der Waals surface area contributed by atoms with E-state index in [0.717, 1.165) is 6.42 Å². The van der Waals surface area contributed by atoms with Crippen molar-refractivity contribution < 1.29 is 9.53 Å². The molecule has 0 bridgehead atoms. The lowest BCUT2D eigenvalue weighted by atomic mass is 10.1. The molecule has 0 N–H and O–H groups in total. The number of ether oxygens (including phenoxy) is 1. The molecule has 1 atom stereocenters. The number of carbonyl (C=O) groups excluding carboxylic acids is 1. The van der Waals surface area contributed by atoms with Crippen molar-refractivity contribution >= 4 is 5.97 Å². The van der Waals surface area contributed by atoms with Crippen LogP contribution in [-0.4, -0.2) is 19.6 Å². The normalized spacial score (nSPS) is 12.9. The van der Waals surface area contributed by atoms with Crippen LogP contribution in [0, 0.1) is 5.92 Å². The lowest BCUT2D eigenvalue weighted by molar-refractivity contribution is -0.136. The summed E-state index contributed by atoms with van der Waals surface area (Å²) < 4.78 is 4.56. The summed E-state index contributed by atoms with van der Waals surface area (Å²) >= 11 is 0. The summed E-state index contributed by atoms with van der Waals surface area (Å²) in [6.07, 6.45) is 2.71. The molecule has 0 aromatic rings. The van der Waals surface area contributed by atoms with Gasteiger partial charge in [-0.05, 0) is 11.4 Å². The zero-order valence-corrected chi connectivity index (χ0v) is 8.73. The highest BCUT2D eigenvalue weighted by Crippen LogP contribution is 2.08. The summed E-state index contributed by atoms with van der Waals surface area (Å²) in [4.78, 5) is 13.8. The van der Waals surface area contributed by atoms with Crippen molar-refractivity contribution in [3.63, 3.8) is 0 Å². The van der Waals surface area contributed by atoms with Crippen LogP contribution in [0.25, 0.3) is 10.4 Å². The largest absolute Gasteiger partial charge is 0.466 e. The Morgan fingerprint density at radius 3 is 2.79 bits per heavy atom. The number of carbonyl (C=O) groups is 1. The Balaban J connectivity index is 4.61. The molecule has 5 nitrogen and oxygen atoms in total. The quantitative estimate of drug-likeness (QED) is 0.223. The zero-order chi connectivity index (χ0) is 11.0. The van der Waals surface area contributed by atoms with E-state index in [1.54, 1.807) is 6.08 Å². The highest BCUT2D eigenvalue weighted by atomic mass is 16.5. The van der Waals surface area contributed by atoms with E-state index in [1.165, 1.54) is 7.11 Å². The van der Waals surface area contributed by atoms with Crippen molar-refractivity contribution in [3.05, 3.63) is 22.1 Å². The van der Waals surface area contributed by atoms with Gasteiger partial charge in [0.05, 0.1) is 13.7 Å². The van der Waals surface area contributed by atoms with Crippen molar-refractivity contribution in [2.75, 3.05) is 13.7 Å². The van der Waals surface area contributed by atoms with Gasteiger partial charge in [0, 0.05) is 10.5 Å². The van der Waals surface area contributed by atoms with Gasteiger partial charge in [-0.3, -0.25) is 0 Å². The molecule has 0 fully saturated rings. The first-order valence-electron chi connectivity index (χ1n) is 4.45. The smallest absolute Gasteiger partial charge is 0.333 e. The summed E-state index contributed by atoms with van der Waals surface area (Å²) in [6, 6.07) is 0. The maximum absolute atomic E-state index is 11.2. The van der Waals surface area contributed by atoms with Crippen LogP contribution in [0.15, 0.2) is 16.8 Å². The molecule has 0 spiro atoms. The van der Waals surface area contributed by atoms with E-state index in [2.05, 4.69) is 14.8 Å². The third kappa shape index (κ3) is 4.52. The SMILES string of the molecule is CCC(C)/C=C(\CN=[N+]=[N-])C(=O)OC. The predicted octanol–water partition coefficient (Wildman–Crippen LogP) is 2.44. The highest BCUT2D eigenvalue weighted by molar-refractivity contribution is 5.88. The number of hydrogen-bond acceptors (Lipinski definition) is 3. The first-order valence-corrected chi connectivity index (χ1v) is 4.45. The number of allylic oxidation sites excluding steroid dienone is 1. The average molecular weight is 197 g/mol. The lowest BCUT2D eigenvalue weighted by Gasteiger charge is -2.05. The second kappa shape index (κ2) is 6.97. The van der Waals surface area contributed by atoms with Gasteiger partial charge >= 0.3 is 5.97 Å². The van der Waals surface area contributed by atoms with Gasteiger partial charge in [0.1, 0.15) is 0 Å². The molecule has 0 aliphatic rings. The van der Waals surface area contributed by atoms with Gasteiger partial charge in [-0.15, -0.1) is 0 Å². The first-order chi connectivity index (χ1) is 6.65. The molecule has 0 saturated carbocycles. The van der Waals surface area contributed by atoms with Crippen molar-refractivity contribution in [1.29, 1.82) is 0 Å². The van der Waals surface area contributed by atoms with E-state index in [0.29, 0.717) is 5.57 Å². The van der Waals surface area contributed by atoms with Crippen molar-refractivity contribution in [1.82, 2.24) is 0 Å². The summed E-state index contributed by atoms with van der Waals surface area (Å²) in [5.41, 5.74) is 8.56. The molecule has 0 heterocycles. The van der Waals surface area contributed by atoms with Crippen molar-refractivity contribution in [2.45, 2.75) is 20.3 Å². The van der Waals surface area contributed by atoms with Crippen LogP contribution in [0.3, 0.4) is 0 Å². The van der Waals surface area contributed by atoms with Gasteiger partial charge in [-0.25, -0.2) is 4.79 Å². The minimum atomic E-state index is -0.433. The fraction of sp³-hybridized carbons (Fsp3) is 0.667. The van der Waals surface area contributed by atoms with Crippen LogP contribution < -0.4 is 0 Å². The van der Waals surface area contributed by atoms with E-state index >= 15 is 0 Å². The molecular weight excluding hydrogens is 182 g/mol. The molecule has 0 radical (unpaired) electrons. The highest BCUT2D eigenvalue weighted by Gasteiger charge is 2.09. The van der Waals surface area contributed by atoms with Crippen LogP contribution >= 0.6 is 0 Å². The van der Waals surface area contributed by atoms with Crippen LogP contribution in [0.1, 0.15) is 20.3 Å². The summed E-state index contributed by atoms with van der Waals surface area (Å²) in [5, 5.41) is 3.34. The van der Waals surface area contributed by atoms with Crippen LogP contribution in [0.4, 0.5) is 0 Å². The number of esters is 1. The minimum absolute atomic E-state index is 0.0491. The molecule has 14 heavy (non-hydrogen) atoms. The Hall–Kier alpha value is -1.48. The second-order valence-electron chi connectivity index (χ2n) is 2.96. The molecule has 0 saturated heterocycles. The maximum atomic E-state index is 11.2. The zero-order valence-electron chi connectivity index (χ0n) is 8.73. The number of methoxy groups -OCH3 is 1. The summed E-state index contributed by atoms with van der Waals surface area (Å²) in [5.74, 6) is -0.157. The minimum Gasteiger partial charge on any atom is -0.466 e. The van der Waals surface area contributed by atoms with Gasteiger partial charge < -0.3 is 4.74 Å². The molecular formula is C9H15N3O2. The molecule has 0 aromatic heterocycles. The van der Waals surface area contributed by atoms with E-state index in [9.17, 15) is 4.79 Å². The number of hydrogen-bond donors (Lipinski definition) is 0. The van der Waals surface area contributed by atoms with Crippen LogP contribution in [0.2, 0.25) is 0 Å². The Morgan fingerprint density at radius 2 is 2.36 bits per heavy atom. The van der Waals surface area contributed by atoms with Gasteiger partial charge in [0.25, 0.3) is 0 Å². The number of nitrogens with zero attached hydrogens (tertiary/aromatic N) is 3. The standard InChI is InChI=1S/C9H15N3O2/c1-4-7(2)5-8(6-11-12-10)9(13)14-3/h5,7H,4,6H2,1-3H3/b8-5+. The molecule has 0 aromatic carbocycles. The van der Waals surface area contributed by atoms with Gasteiger partial charge in [0.15, 0.2) is 0 Å². The monoisotopic (exact) mass is 197 g/mol. The Morgan fingerprint density at radius 1 is 1.71 bits per heavy atom. The number of azide groups is 1. The van der Waals surface area contributed by atoms with Crippen molar-refractivity contribution in [3.8, 4) is 0 Å². The van der Waals surface area contributed by atoms with E-state index < -0.39 is 5.97 Å². The summed E-state index contributed by atoms with van der Waals surface area (Å²) in [6.45, 7) is 4.05. The fourth-order valence-electron chi connectivity index (χ4n) is 0.885. The first kappa shape index (κ1) is 12.5. The molecule has 5 heteroatoms. The van der Waals surface area contributed by atoms with Crippen LogP contribution in [0.5, 0.6) is 0 Å². The Labute approximate surface area is 83.4 Å². The van der Waals surface area contributed by atoms with E-state index in [-0.39, 0.29) is 12.5 Å². The molecule has 1 unspecified atom stereocenters. The predicted molar refractivity (Wildman–Crippen MR) is 53.6 cm³/mol. The fourth-order valence-corrected chi connectivity index (χ4v) is 0.885. The maximum Gasteiger partial charge on any atom is 0.333 e. The van der Waals surface area contributed by atoms with E-state index in [4.69, 9.17) is 5.53 Å². The van der Waals surface area contributed by atoms with Crippen molar-refractivity contribution in [2.24, 2.45) is 11.0 Å². The molecule has 0 amide bonds. The molecule has 78 valence electrons. The molecule has 0 aliphatic carbocycles. The van der Waals surface area contributed by atoms with Gasteiger partial charge in [-0.2, -0.15) is 0 Å². The second-order valence-corrected chi connectivity index (χ2v) is 2.96. The Kier molecular flexibility index (Phi) is 6.24. The molecule has 0 rings (SSSR count). The number of rotatable bonds is 5. The average Bonchev–Trinajstić information content (AvgIpc) is 2.22. The Bertz CT molecular complexity index is 267. The lowest BCUT2D eigenvalue weighted by Crippen LogP contribution is -2.08. The summed E-state index contributed by atoms with van der Waals surface area (Å²) in [7, 11) is 1.31. The third-order valence-corrected chi connectivity index (χ3v) is 1.88. The van der Waals surface area contributed by atoms with Gasteiger partial charge in [0.2, 0.25) is 0 Å². The third-order valence-electron chi connectivity index (χ3n) is 1.88. The topological polar surface area (TPSA) is 75.1 Å². The van der Waals surface area contributed by atoms with Gasteiger partial charge in [-0.1, -0.05) is 31.5 Å². The molecule has 0 aliphatic heterocycles. The van der Waals surface area contributed by atoms with Crippen LogP contribution in [-0.2, 0) is 9.53 Å².